The fraction of sp³-hybridized carbons (Fsp3) is 0.417. The molecule has 1 aromatic rings. The van der Waals surface area contributed by atoms with Gasteiger partial charge in [-0.15, -0.1) is 0 Å². The second-order valence-electron chi connectivity index (χ2n) is 4.17. The van der Waals surface area contributed by atoms with Gasteiger partial charge in [-0.3, -0.25) is 10.1 Å². The Morgan fingerprint density at radius 2 is 2.11 bits per heavy atom. The molecule has 1 aliphatic rings. The average Bonchev–Trinajstić information content (AvgIpc) is 2.76. The van der Waals surface area contributed by atoms with Gasteiger partial charge in [0, 0.05) is 5.56 Å². The maximum absolute atomic E-state index is 11.9. The minimum Gasteiger partial charge on any atom is -0.491 e. The number of ether oxygens (including phenoxy) is 1. The second-order valence-corrected chi connectivity index (χ2v) is 4.17. The quantitative estimate of drug-likeness (QED) is 0.872. The molecule has 7 heteroatoms. The molecule has 0 aromatic heterocycles. The SMILES string of the molecule is O=C(CNC1COc2ccccc21)NCC(F)(F)F. The standard InChI is InChI=1S/C12H13F3N2O2/c13-12(14,15)7-17-11(18)5-16-9-6-19-10-4-2-1-3-8(9)10/h1-4,9,16H,5-7H2,(H,17,18). The number of benzene rings is 1. The van der Waals surface area contributed by atoms with Crippen LogP contribution < -0.4 is 15.4 Å². The average molecular weight is 274 g/mol. The van der Waals surface area contributed by atoms with Crippen molar-refractivity contribution in [3.8, 4) is 5.75 Å². The topological polar surface area (TPSA) is 50.4 Å². The lowest BCUT2D eigenvalue weighted by molar-refractivity contribution is -0.137. The number of hydrogen-bond acceptors (Lipinski definition) is 3. The Morgan fingerprint density at radius 1 is 1.37 bits per heavy atom. The van der Waals surface area contributed by atoms with Crippen molar-refractivity contribution >= 4 is 5.91 Å². The molecule has 1 heterocycles. The van der Waals surface area contributed by atoms with E-state index in [-0.39, 0.29) is 12.6 Å². The summed E-state index contributed by atoms with van der Waals surface area (Å²) in [4.78, 5) is 11.2. The Morgan fingerprint density at radius 3 is 2.84 bits per heavy atom. The van der Waals surface area contributed by atoms with Gasteiger partial charge in [-0.25, -0.2) is 0 Å². The van der Waals surface area contributed by atoms with E-state index < -0.39 is 18.6 Å². The van der Waals surface area contributed by atoms with Crippen molar-refractivity contribution in [2.24, 2.45) is 0 Å². The first kappa shape index (κ1) is 13.7. The van der Waals surface area contributed by atoms with Crippen LogP contribution >= 0.6 is 0 Å². The zero-order valence-electron chi connectivity index (χ0n) is 9.96. The molecule has 0 spiro atoms. The van der Waals surface area contributed by atoms with Crippen LogP contribution in [0, 0.1) is 0 Å². The van der Waals surface area contributed by atoms with Crippen molar-refractivity contribution < 1.29 is 22.7 Å². The number of halogens is 3. The number of hydrogen-bond donors (Lipinski definition) is 2. The lowest BCUT2D eigenvalue weighted by Gasteiger charge is -2.12. The molecule has 104 valence electrons. The van der Waals surface area contributed by atoms with Crippen molar-refractivity contribution in [3.63, 3.8) is 0 Å². The van der Waals surface area contributed by atoms with Crippen molar-refractivity contribution in [1.82, 2.24) is 10.6 Å². The van der Waals surface area contributed by atoms with Gasteiger partial charge >= 0.3 is 6.18 Å². The number of fused-ring (bicyclic) bond motifs is 1. The van der Waals surface area contributed by atoms with E-state index in [0.29, 0.717) is 6.61 Å². The fourth-order valence-corrected chi connectivity index (χ4v) is 1.81. The van der Waals surface area contributed by atoms with E-state index in [4.69, 9.17) is 4.74 Å². The first-order chi connectivity index (χ1) is 8.96. The lowest BCUT2D eigenvalue weighted by atomic mass is 10.1. The summed E-state index contributed by atoms with van der Waals surface area (Å²) in [5.41, 5.74) is 0.908. The fourth-order valence-electron chi connectivity index (χ4n) is 1.81. The van der Waals surface area contributed by atoms with Crippen LogP contribution in [0.25, 0.3) is 0 Å². The molecule has 0 bridgehead atoms. The second kappa shape index (κ2) is 5.48. The summed E-state index contributed by atoms with van der Waals surface area (Å²) >= 11 is 0. The molecule has 0 saturated heterocycles. The number of rotatable bonds is 4. The van der Waals surface area contributed by atoms with Gasteiger partial charge in [0.1, 0.15) is 18.9 Å². The van der Waals surface area contributed by atoms with E-state index in [1.807, 2.05) is 18.2 Å². The molecule has 0 aliphatic carbocycles. The van der Waals surface area contributed by atoms with Crippen LogP contribution in [0.1, 0.15) is 11.6 Å². The highest BCUT2D eigenvalue weighted by atomic mass is 19.4. The van der Waals surface area contributed by atoms with E-state index >= 15 is 0 Å². The molecule has 2 rings (SSSR count). The monoisotopic (exact) mass is 274 g/mol. The Bertz CT molecular complexity index is 463. The maximum atomic E-state index is 11.9. The first-order valence-corrected chi connectivity index (χ1v) is 5.74. The van der Waals surface area contributed by atoms with Gasteiger partial charge in [0.25, 0.3) is 0 Å². The van der Waals surface area contributed by atoms with Gasteiger partial charge in [-0.1, -0.05) is 18.2 Å². The summed E-state index contributed by atoms with van der Waals surface area (Å²) in [7, 11) is 0. The minimum absolute atomic E-state index is 0.173. The third kappa shape index (κ3) is 3.85. The largest absolute Gasteiger partial charge is 0.491 e. The van der Waals surface area contributed by atoms with E-state index in [1.165, 1.54) is 0 Å². The molecule has 2 N–H and O–H groups in total. The third-order valence-electron chi connectivity index (χ3n) is 2.69. The van der Waals surface area contributed by atoms with Gasteiger partial charge in [0.2, 0.25) is 5.91 Å². The van der Waals surface area contributed by atoms with Crippen LogP contribution in [0.3, 0.4) is 0 Å². The normalized spacial score (nSPS) is 17.7. The van der Waals surface area contributed by atoms with Gasteiger partial charge in [0.05, 0.1) is 12.6 Å². The number of carbonyl (C=O) groups is 1. The summed E-state index contributed by atoms with van der Waals surface area (Å²) < 4.78 is 41.1. The molecular formula is C12H13F3N2O2. The Hall–Kier alpha value is -1.76. The molecular weight excluding hydrogens is 261 g/mol. The predicted octanol–water partition coefficient (Wildman–Crippen LogP) is 1.39. The molecule has 0 saturated carbocycles. The third-order valence-corrected chi connectivity index (χ3v) is 2.69. The van der Waals surface area contributed by atoms with Crippen molar-refractivity contribution in [3.05, 3.63) is 29.8 Å². The van der Waals surface area contributed by atoms with Gasteiger partial charge in [-0.05, 0) is 6.07 Å². The smallest absolute Gasteiger partial charge is 0.405 e. The number of alkyl halides is 3. The highest BCUT2D eigenvalue weighted by molar-refractivity contribution is 5.78. The predicted molar refractivity (Wildman–Crippen MR) is 61.7 cm³/mol. The lowest BCUT2D eigenvalue weighted by Crippen LogP contribution is -2.40. The highest BCUT2D eigenvalue weighted by Gasteiger charge is 2.28. The molecule has 1 amide bonds. The first-order valence-electron chi connectivity index (χ1n) is 5.74. The van der Waals surface area contributed by atoms with Crippen molar-refractivity contribution in [1.29, 1.82) is 0 Å². The number of carbonyl (C=O) groups excluding carboxylic acids is 1. The van der Waals surface area contributed by atoms with Crippen molar-refractivity contribution in [2.75, 3.05) is 19.7 Å². The van der Waals surface area contributed by atoms with Crippen LogP contribution in [-0.4, -0.2) is 31.8 Å². The van der Waals surface area contributed by atoms with Crippen LogP contribution in [0.5, 0.6) is 5.75 Å². The summed E-state index contributed by atoms with van der Waals surface area (Å²) in [5, 5.41) is 4.67. The summed E-state index contributed by atoms with van der Waals surface area (Å²) in [6.45, 7) is -1.13. The number of para-hydroxylation sites is 1. The summed E-state index contributed by atoms with van der Waals surface area (Å²) in [6, 6.07) is 7.16. The van der Waals surface area contributed by atoms with Crippen LogP contribution in [0.15, 0.2) is 24.3 Å². The van der Waals surface area contributed by atoms with E-state index in [1.54, 1.807) is 11.4 Å². The summed E-state index contributed by atoms with van der Waals surface area (Å²) in [6.07, 6.45) is -4.39. The highest BCUT2D eigenvalue weighted by Crippen LogP contribution is 2.31. The van der Waals surface area contributed by atoms with E-state index in [0.717, 1.165) is 11.3 Å². The molecule has 0 radical (unpaired) electrons. The minimum atomic E-state index is -4.39. The maximum Gasteiger partial charge on any atom is 0.405 e. The molecule has 0 fully saturated rings. The van der Waals surface area contributed by atoms with Gasteiger partial charge < -0.3 is 10.1 Å². The Balaban J connectivity index is 1.79. The Kier molecular flexibility index (Phi) is 3.94. The molecule has 1 aromatic carbocycles. The van der Waals surface area contributed by atoms with Crippen LogP contribution in [0.2, 0.25) is 0 Å². The molecule has 4 nitrogen and oxygen atoms in total. The zero-order chi connectivity index (χ0) is 13.9. The molecule has 1 aliphatic heterocycles. The number of nitrogens with one attached hydrogen (secondary N) is 2. The van der Waals surface area contributed by atoms with Gasteiger partial charge in [-0.2, -0.15) is 13.2 Å². The molecule has 19 heavy (non-hydrogen) atoms. The van der Waals surface area contributed by atoms with Crippen molar-refractivity contribution in [2.45, 2.75) is 12.2 Å². The molecule has 1 atom stereocenters. The van der Waals surface area contributed by atoms with E-state index in [2.05, 4.69) is 5.32 Å². The van der Waals surface area contributed by atoms with Gasteiger partial charge in [0.15, 0.2) is 0 Å². The summed E-state index contributed by atoms with van der Waals surface area (Å²) in [5.74, 6) is 0.0393. The molecule has 1 unspecified atom stereocenters. The Labute approximate surface area is 107 Å². The number of amides is 1. The van der Waals surface area contributed by atoms with Crippen LogP contribution in [0.4, 0.5) is 13.2 Å². The van der Waals surface area contributed by atoms with E-state index in [9.17, 15) is 18.0 Å². The van der Waals surface area contributed by atoms with Crippen LogP contribution in [-0.2, 0) is 4.79 Å². The zero-order valence-corrected chi connectivity index (χ0v) is 9.96.